The van der Waals surface area contributed by atoms with Crippen LogP contribution in [0.1, 0.15) is 11.4 Å². The Balaban J connectivity index is 2.12. The molecule has 18 heavy (non-hydrogen) atoms. The second-order valence-corrected chi connectivity index (χ2v) is 5.33. The van der Waals surface area contributed by atoms with Crippen molar-refractivity contribution in [3.05, 3.63) is 34.1 Å². The Kier molecular flexibility index (Phi) is 3.18. The molecular formula is C13H14BrN3O. The van der Waals surface area contributed by atoms with E-state index in [2.05, 4.69) is 49.8 Å². The second-order valence-electron chi connectivity index (χ2n) is 4.41. The topological polar surface area (TPSA) is 39.9 Å². The first-order valence-corrected chi connectivity index (χ1v) is 6.81. The quantitative estimate of drug-likeness (QED) is 0.813. The van der Waals surface area contributed by atoms with Gasteiger partial charge in [0.25, 0.3) is 0 Å². The van der Waals surface area contributed by atoms with Crippen molar-refractivity contribution in [1.29, 1.82) is 0 Å². The summed E-state index contributed by atoms with van der Waals surface area (Å²) in [6, 6.07) is 6.23. The van der Waals surface area contributed by atoms with Crippen molar-refractivity contribution < 1.29 is 4.74 Å². The third-order valence-corrected chi connectivity index (χ3v) is 3.69. The Bertz CT molecular complexity index is 580. The highest BCUT2D eigenvalue weighted by atomic mass is 79.9. The van der Waals surface area contributed by atoms with E-state index < -0.39 is 0 Å². The van der Waals surface area contributed by atoms with Crippen molar-refractivity contribution in [2.24, 2.45) is 0 Å². The minimum atomic E-state index is 0.727. The highest BCUT2D eigenvalue weighted by molar-refractivity contribution is 9.10. The normalized spacial score (nSPS) is 15.2. The van der Waals surface area contributed by atoms with Crippen LogP contribution < -0.4 is 0 Å². The number of rotatable bonds is 1. The second kappa shape index (κ2) is 4.82. The maximum atomic E-state index is 5.48. The van der Waals surface area contributed by atoms with Gasteiger partial charge in [0.1, 0.15) is 5.82 Å². The van der Waals surface area contributed by atoms with Gasteiger partial charge in [-0.2, -0.15) is 0 Å². The lowest BCUT2D eigenvalue weighted by Gasteiger charge is -2.09. The van der Waals surface area contributed by atoms with Crippen molar-refractivity contribution in [2.75, 3.05) is 13.2 Å². The van der Waals surface area contributed by atoms with Crippen molar-refractivity contribution >= 4 is 15.9 Å². The molecular weight excluding hydrogens is 294 g/mol. The summed E-state index contributed by atoms with van der Waals surface area (Å²) >= 11 is 3.51. The van der Waals surface area contributed by atoms with E-state index in [-0.39, 0.29) is 0 Å². The van der Waals surface area contributed by atoms with Crippen molar-refractivity contribution in [2.45, 2.75) is 19.9 Å². The monoisotopic (exact) mass is 307 g/mol. The summed E-state index contributed by atoms with van der Waals surface area (Å²) in [7, 11) is 0. The summed E-state index contributed by atoms with van der Waals surface area (Å²) < 4.78 is 8.71. The molecule has 0 fully saturated rings. The van der Waals surface area contributed by atoms with Gasteiger partial charge in [0.2, 0.25) is 0 Å². The molecule has 5 heteroatoms. The molecule has 0 aliphatic carbocycles. The lowest BCUT2D eigenvalue weighted by atomic mass is 10.1. The van der Waals surface area contributed by atoms with E-state index in [4.69, 9.17) is 4.74 Å². The Labute approximate surface area is 114 Å². The maximum Gasteiger partial charge on any atom is 0.164 e. The highest BCUT2D eigenvalue weighted by Crippen LogP contribution is 2.26. The lowest BCUT2D eigenvalue weighted by molar-refractivity contribution is 0.140. The van der Waals surface area contributed by atoms with Gasteiger partial charge in [0.15, 0.2) is 5.82 Å². The summed E-state index contributed by atoms with van der Waals surface area (Å²) in [6.07, 6.45) is 0.833. The third kappa shape index (κ3) is 2.08. The van der Waals surface area contributed by atoms with E-state index in [0.29, 0.717) is 0 Å². The maximum absolute atomic E-state index is 5.48. The molecule has 0 bridgehead atoms. The number of hydrogen-bond donors (Lipinski definition) is 0. The van der Waals surface area contributed by atoms with Crippen LogP contribution in [0.3, 0.4) is 0 Å². The SMILES string of the molecule is Cc1ccc(Br)cc1-c1nnc2n1CCOCC2. The van der Waals surface area contributed by atoms with Gasteiger partial charge >= 0.3 is 0 Å². The fourth-order valence-corrected chi connectivity index (χ4v) is 2.57. The van der Waals surface area contributed by atoms with Gasteiger partial charge in [-0.1, -0.05) is 22.0 Å². The molecule has 1 aromatic heterocycles. The van der Waals surface area contributed by atoms with Gasteiger partial charge < -0.3 is 9.30 Å². The molecule has 3 rings (SSSR count). The summed E-state index contributed by atoms with van der Waals surface area (Å²) in [5.74, 6) is 1.95. The summed E-state index contributed by atoms with van der Waals surface area (Å²) in [5, 5.41) is 8.63. The first kappa shape index (κ1) is 11.9. The first-order chi connectivity index (χ1) is 8.75. The molecule has 0 unspecified atom stereocenters. The molecule has 1 aliphatic heterocycles. The van der Waals surface area contributed by atoms with Crippen LogP contribution >= 0.6 is 15.9 Å². The smallest absolute Gasteiger partial charge is 0.164 e. The van der Waals surface area contributed by atoms with Gasteiger partial charge in [-0.25, -0.2) is 0 Å². The molecule has 2 heterocycles. The summed E-state index contributed by atoms with van der Waals surface area (Å²) in [5.41, 5.74) is 2.34. The number of hydrogen-bond acceptors (Lipinski definition) is 3. The zero-order valence-corrected chi connectivity index (χ0v) is 11.8. The highest BCUT2D eigenvalue weighted by Gasteiger charge is 2.17. The molecule has 2 aromatic rings. The first-order valence-electron chi connectivity index (χ1n) is 6.02. The van der Waals surface area contributed by atoms with E-state index >= 15 is 0 Å². The molecule has 0 amide bonds. The van der Waals surface area contributed by atoms with Crippen molar-refractivity contribution in [3.8, 4) is 11.4 Å². The lowest BCUT2D eigenvalue weighted by Crippen LogP contribution is -2.06. The molecule has 0 N–H and O–H groups in total. The Morgan fingerprint density at radius 3 is 3.06 bits per heavy atom. The van der Waals surface area contributed by atoms with Crippen LogP contribution in [0.5, 0.6) is 0 Å². The molecule has 1 aromatic carbocycles. The Morgan fingerprint density at radius 2 is 2.17 bits per heavy atom. The van der Waals surface area contributed by atoms with Gasteiger partial charge in [-0.3, -0.25) is 0 Å². The Hall–Kier alpha value is -1.20. The molecule has 0 radical (unpaired) electrons. The van der Waals surface area contributed by atoms with Crippen molar-refractivity contribution in [3.63, 3.8) is 0 Å². The predicted octanol–water partition coefficient (Wildman–Crippen LogP) is 2.59. The summed E-state index contributed by atoms with van der Waals surface area (Å²) in [6.45, 7) is 4.38. The number of benzene rings is 1. The molecule has 0 saturated heterocycles. The van der Waals surface area contributed by atoms with Crippen molar-refractivity contribution in [1.82, 2.24) is 14.8 Å². The third-order valence-electron chi connectivity index (χ3n) is 3.20. The van der Waals surface area contributed by atoms with E-state index in [9.17, 15) is 0 Å². The molecule has 1 aliphatic rings. The number of aryl methyl sites for hydroxylation is 1. The van der Waals surface area contributed by atoms with E-state index in [1.165, 1.54) is 5.56 Å². The van der Waals surface area contributed by atoms with Crippen LogP contribution in [0.2, 0.25) is 0 Å². The molecule has 0 spiro atoms. The van der Waals surface area contributed by atoms with E-state index in [1.54, 1.807) is 0 Å². The minimum absolute atomic E-state index is 0.727. The number of halogens is 1. The summed E-state index contributed by atoms with van der Waals surface area (Å²) in [4.78, 5) is 0. The number of ether oxygens (including phenoxy) is 1. The van der Waals surface area contributed by atoms with Gasteiger partial charge in [0.05, 0.1) is 13.2 Å². The van der Waals surface area contributed by atoms with E-state index in [0.717, 1.165) is 47.9 Å². The van der Waals surface area contributed by atoms with Crippen LogP contribution in [0.15, 0.2) is 22.7 Å². The molecule has 4 nitrogen and oxygen atoms in total. The molecule has 0 saturated carbocycles. The van der Waals surface area contributed by atoms with Gasteiger partial charge in [0, 0.05) is 23.0 Å². The molecule has 0 atom stereocenters. The van der Waals surface area contributed by atoms with Gasteiger partial charge in [-0.15, -0.1) is 10.2 Å². The van der Waals surface area contributed by atoms with Crippen LogP contribution in [-0.4, -0.2) is 28.0 Å². The number of aromatic nitrogens is 3. The number of nitrogens with zero attached hydrogens (tertiary/aromatic N) is 3. The average molecular weight is 308 g/mol. The Morgan fingerprint density at radius 1 is 1.28 bits per heavy atom. The largest absolute Gasteiger partial charge is 0.379 e. The zero-order chi connectivity index (χ0) is 12.5. The molecule has 94 valence electrons. The van der Waals surface area contributed by atoms with E-state index in [1.807, 2.05) is 6.07 Å². The minimum Gasteiger partial charge on any atom is -0.379 e. The van der Waals surface area contributed by atoms with Crippen LogP contribution in [0.25, 0.3) is 11.4 Å². The fraction of sp³-hybridized carbons (Fsp3) is 0.385. The zero-order valence-electron chi connectivity index (χ0n) is 10.2. The number of fused-ring (bicyclic) bond motifs is 1. The average Bonchev–Trinajstić information content (AvgIpc) is 2.61. The fourth-order valence-electron chi connectivity index (χ4n) is 2.21. The predicted molar refractivity (Wildman–Crippen MR) is 72.4 cm³/mol. The van der Waals surface area contributed by atoms with Gasteiger partial charge in [-0.05, 0) is 24.6 Å². The van der Waals surface area contributed by atoms with Crippen LogP contribution in [0, 0.1) is 6.92 Å². The van der Waals surface area contributed by atoms with Crippen LogP contribution in [0.4, 0.5) is 0 Å². The van der Waals surface area contributed by atoms with Crippen LogP contribution in [-0.2, 0) is 17.7 Å². The standard InChI is InChI=1S/C13H14BrN3O/c1-9-2-3-10(14)8-11(9)13-16-15-12-4-6-18-7-5-17(12)13/h2-3,8H,4-7H2,1H3.